The number of hydrogen-bond donors (Lipinski definition) is 1. The lowest BCUT2D eigenvalue weighted by Crippen LogP contribution is -2.20. The quantitative estimate of drug-likeness (QED) is 0.445. The van der Waals surface area contributed by atoms with Gasteiger partial charge in [-0.25, -0.2) is 0 Å². The Morgan fingerprint density at radius 2 is 1.95 bits per heavy atom. The monoisotopic (exact) mass is 275 g/mol. The summed E-state index contributed by atoms with van der Waals surface area (Å²) in [5.41, 5.74) is 1.68. The van der Waals surface area contributed by atoms with E-state index in [9.17, 15) is 4.79 Å². The predicted molar refractivity (Wildman–Crippen MR) is 83.2 cm³/mol. The Labute approximate surface area is 122 Å². The number of hydrogen-bond acceptors (Lipinski definition) is 3. The smallest absolute Gasteiger partial charge is 0.187 e. The van der Waals surface area contributed by atoms with Gasteiger partial charge in [-0.1, -0.05) is 27.2 Å². The van der Waals surface area contributed by atoms with Crippen molar-refractivity contribution >= 4 is 5.78 Å². The van der Waals surface area contributed by atoms with Gasteiger partial charge in [-0.15, -0.1) is 0 Å². The van der Waals surface area contributed by atoms with Gasteiger partial charge in [0.05, 0.1) is 7.11 Å². The van der Waals surface area contributed by atoms with Crippen LogP contribution >= 0.6 is 0 Å². The molecule has 0 aliphatic carbocycles. The van der Waals surface area contributed by atoms with Crippen molar-refractivity contribution in [3.05, 3.63) is 41.6 Å². The largest absolute Gasteiger partial charge is 0.497 e. The molecule has 1 rings (SSSR count). The third-order valence-corrected chi connectivity index (χ3v) is 3.14. The summed E-state index contributed by atoms with van der Waals surface area (Å²) in [6, 6.07) is 7.20. The van der Waals surface area contributed by atoms with Gasteiger partial charge in [-0.3, -0.25) is 4.79 Å². The Kier molecular flexibility index (Phi) is 6.85. The first-order valence-electron chi connectivity index (χ1n) is 7.22. The molecule has 0 unspecified atom stereocenters. The molecule has 0 atom stereocenters. The molecule has 110 valence electrons. The number of rotatable bonds is 8. The van der Waals surface area contributed by atoms with Crippen molar-refractivity contribution in [2.24, 2.45) is 5.92 Å². The normalized spacial score (nSPS) is 11.6. The van der Waals surface area contributed by atoms with Crippen molar-refractivity contribution in [2.75, 3.05) is 13.7 Å². The highest BCUT2D eigenvalue weighted by molar-refractivity contribution is 6.04. The van der Waals surface area contributed by atoms with Crippen molar-refractivity contribution in [1.29, 1.82) is 0 Å². The molecule has 1 aromatic carbocycles. The molecule has 0 bridgehead atoms. The van der Waals surface area contributed by atoms with Gasteiger partial charge in [0.15, 0.2) is 5.78 Å². The highest BCUT2D eigenvalue weighted by atomic mass is 16.5. The molecular formula is C17H25NO2. The van der Waals surface area contributed by atoms with E-state index in [0.717, 1.165) is 30.8 Å². The summed E-state index contributed by atoms with van der Waals surface area (Å²) < 4.78 is 5.09. The number of unbranched alkanes of at least 4 members (excludes halogenated alkanes) is 1. The van der Waals surface area contributed by atoms with Gasteiger partial charge in [0.1, 0.15) is 5.75 Å². The first-order chi connectivity index (χ1) is 9.58. The van der Waals surface area contributed by atoms with E-state index in [1.807, 2.05) is 0 Å². The minimum absolute atomic E-state index is 0.0281. The third-order valence-electron chi connectivity index (χ3n) is 3.14. The lowest BCUT2D eigenvalue weighted by atomic mass is 10.0. The molecule has 20 heavy (non-hydrogen) atoms. The van der Waals surface area contributed by atoms with Crippen molar-refractivity contribution in [3.63, 3.8) is 0 Å². The molecule has 0 heterocycles. The lowest BCUT2D eigenvalue weighted by Gasteiger charge is -2.14. The number of ether oxygens (including phenoxy) is 1. The Morgan fingerprint density at radius 1 is 1.30 bits per heavy atom. The first kappa shape index (κ1) is 16.3. The second-order valence-corrected chi connectivity index (χ2v) is 5.13. The second kappa shape index (κ2) is 8.41. The molecular weight excluding hydrogens is 250 g/mol. The van der Waals surface area contributed by atoms with Crippen LogP contribution in [0.15, 0.2) is 36.0 Å². The Bertz CT molecular complexity index is 447. The van der Waals surface area contributed by atoms with Crippen LogP contribution in [0.25, 0.3) is 0 Å². The summed E-state index contributed by atoms with van der Waals surface area (Å²) in [5, 5.41) is 3.36. The maximum atomic E-state index is 12.2. The van der Waals surface area contributed by atoms with Gasteiger partial charge < -0.3 is 10.1 Å². The number of carbonyl (C=O) groups excluding carboxylic acids is 1. The van der Waals surface area contributed by atoms with E-state index in [1.54, 1.807) is 37.5 Å². The zero-order valence-electron chi connectivity index (χ0n) is 12.9. The molecule has 0 saturated heterocycles. The van der Waals surface area contributed by atoms with Crippen LogP contribution < -0.4 is 10.1 Å². The van der Waals surface area contributed by atoms with Crippen LogP contribution in [0.5, 0.6) is 5.75 Å². The molecule has 0 saturated carbocycles. The molecule has 0 amide bonds. The van der Waals surface area contributed by atoms with E-state index < -0.39 is 0 Å². The molecule has 0 spiro atoms. The topological polar surface area (TPSA) is 38.3 Å². The van der Waals surface area contributed by atoms with E-state index >= 15 is 0 Å². The van der Waals surface area contributed by atoms with Crippen LogP contribution in [0.3, 0.4) is 0 Å². The molecule has 0 aliphatic heterocycles. The minimum atomic E-state index is 0.0281. The van der Waals surface area contributed by atoms with Crippen LogP contribution in [0, 0.1) is 5.92 Å². The first-order valence-corrected chi connectivity index (χ1v) is 7.22. The fraction of sp³-hybridized carbons (Fsp3) is 0.471. The zero-order chi connectivity index (χ0) is 15.0. The lowest BCUT2D eigenvalue weighted by molar-refractivity contribution is 0.104. The predicted octanol–water partition coefficient (Wildman–Crippen LogP) is 3.81. The summed E-state index contributed by atoms with van der Waals surface area (Å²) in [5.74, 6) is 1.10. The summed E-state index contributed by atoms with van der Waals surface area (Å²) in [7, 11) is 1.62. The number of nitrogens with one attached hydrogen (secondary N) is 1. The van der Waals surface area contributed by atoms with Crippen molar-refractivity contribution in [1.82, 2.24) is 5.32 Å². The van der Waals surface area contributed by atoms with Gasteiger partial charge in [-0.2, -0.15) is 0 Å². The van der Waals surface area contributed by atoms with Crippen LogP contribution in [-0.2, 0) is 0 Å². The molecule has 1 aromatic rings. The number of benzene rings is 1. The Balaban J connectivity index is 2.78. The molecule has 0 fully saturated rings. The van der Waals surface area contributed by atoms with Crippen LogP contribution in [-0.4, -0.2) is 19.4 Å². The third kappa shape index (κ3) is 5.08. The highest BCUT2D eigenvalue weighted by Crippen LogP contribution is 2.14. The average molecular weight is 275 g/mol. The molecule has 3 heteroatoms. The summed E-state index contributed by atoms with van der Waals surface area (Å²) >= 11 is 0. The SMILES string of the molecule is CCCCNC(=CC(=O)c1ccc(OC)cc1)C(C)C. The average Bonchev–Trinajstić information content (AvgIpc) is 2.46. The maximum absolute atomic E-state index is 12.2. The van der Waals surface area contributed by atoms with Crippen molar-refractivity contribution < 1.29 is 9.53 Å². The van der Waals surface area contributed by atoms with Gasteiger partial charge in [0, 0.05) is 23.9 Å². The van der Waals surface area contributed by atoms with Gasteiger partial charge in [0.25, 0.3) is 0 Å². The van der Waals surface area contributed by atoms with E-state index in [-0.39, 0.29) is 5.78 Å². The fourth-order valence-corrected chi connectivity index (χ4v) is 1.81. The number of allylic oxidation sites excluding steroid dienone is 2. The fourth-order valence-electron chi connectivity index (χ4n) is 1.81. The highest BCUT2D eigenvalue weighted by Gasteiger charge is 2.08. The van der Waals surface area contributed by atoms with Crippen LogP contribution in [0.1, 0.15) is 44.0 Å². The summed E-state index contributed by atoms with van der Waals surface area (Å²) in [4.78, 5) is 12.2. The Hall–Kier alpha value is -1.77. The summed E-state index contributed by atoms with van der Waals surface area (Å²) in [6.07, 6.45) is 3.97. The van der Waals surface area contributed by atoms with E-state index in [2.05, 4.69) is 26.1 Å². The molecule has 0 aromatic heterocycles. The van der Waals surface area contributed by atoms with Gasteiger partial charge in [-0.05, 0) is 36.6 Å². The maximum Gasteiger partial charge on any atom is 0.187 e. The van der Waals surface area contributed by atoms with Crippen LogP contribution in [0.4, 0.5) is 0 Å². The van der Waals surface area contributed by atoms with Crippen molar-refractivity contribution in [3.8, 4) is 5.75 Å². The standard InChI is InChI=1S/C17H25NO2/c1-5-6-11-18-16(13(2)3)12-17(19)14-7-9-15(20-4)10-8-14/h7-10,12-13,18H,5-6,11H2,1-4H3. The van der Waals surface area contributed by atoms with Crippen molar-refractivity contribution in [2.45, 2.75) is 33.6 Å². The second-order valence-electron chi connectivity index (χ2n) is 5.13. The van der Waals surface area contributed by atoms with E-state index in [0.29, 0.717) is 11.5 Å². The summed E-state index contributed by atoms with van der Waals surface area (Å²) in [6.45, 7) is 7.25. The number of methoxy groups -OCH3 is 1. The molecule has 1 N–H and O–H groups in total. The van der Waals surface area contributed by atoms with E-state index in [4.69, 9.17) is 4.74 Å². The van der Waals surface area contributed by atoms with Crippen LogP contribution in [0.2, 0.25) is 0 Å². The van der Waals surface area contributed by atoms with Gasteiger partial charge >= 0.3 is 0 Å². The van der Waals surface area contributed by atoms with Gasteiger partial charge in [0.2, 0.25) is 0 Å². The van der Waals surface area contributed by atoms with E-state index in [1.165, 1.54) is 0 Å². The number of ketones is 1. The molecule has 0 aliphatic rings. The number of carbonyl (C=O) groups is 1. The minimum Gasteiger partial charge on any atom is -0.497 e. The molecule has 3 nitrogen and oxygen atoms in total. The molecule has 0 radical (unpaired) electrons. The zero-order valence-corrected chi connectivity index (χ0v) is 12.9. The Morgan fingerprint density at radius 3 is 2.45 bits per heavy atom.